The first-order valence-corrected chi connectivity index (χ1v) is 10.4. The number of esters is 1. The smallest absolute Gasteiger partial charge is 0.351 e. The van der Waals surface area contributed by atoms with Crippen LogP contribution in [0.5, 0.6) is 11.5 Å². The Hall–Kier alpha value is -2.91. The van der Waals surface area contributed by atoms with Gasteiger partial charge in [-0.15, -0.1) is 11.3 Å². The molecule has 0 aliphatic rings. The average molecular weight is 433 g/mol. The van der Waals surface area contributed by atoms with Crippen LogP contribution < -0.4 is 14.8 Å². The number of ether oxygens (including phenoxy) is 3. The lowest BCUT2D eigenvalue weighted by atomic mass is 10.2. The van der Waals surface area contributed by atoms with Crippen LogP contribution in [-0.4, -0.2) is 37.2 Å². The molecule has 3 rings (SSSR count). The molecule has 0 spiro atoms. The van der Waals surface area contributed by atoms with E-state index >= 15 is 0 Å². The zero-order valence-corrected chi connectivity index (χ0v) is 18.0. The van der Waals surface area contributed by atoms with Crippen molar-refractivity contribution in [1.82, 2.24) is 4.98 Å². The van der Waals surface area contributed by atoms with Crippen LogP contribution in [0.3, 0.4) is 0 Å². The standard InChI is InChI=1S/C20H20N2O5S2/c1-11-17(29-19(21-11)13-5-6-28-10-13)20(24)27-12(2)18(23)22-14-7-15(25-3)9-16(8-14)26-4/h5-10,12H,1-4H3,(H,22,23). The number of carbonyl (C=O) groups is 2. The third-order valence-electron chi connectivity index (χ3n) is 4.02. The molecule has 7 nitrogen and oxygen atoms in total. The van der Waals surface area contributed by atoms with Gasteiger partial charge in [0, 0.05) is 34.8 Å². The van der Waals surface area contributed by atoms with Crippen LogP contribution in [0.25, 0.3) is 10.6 Å². The van der Waals surface area contributed by atoms with Crippen LogP contribution in [0.4, 0.5) is 5.69 Å². The SMILES string of the molecule is COc1cc(NC(=O)C(C)OC(=O)c2sc(-c3ccsc3)nc2C)cc(OC)c1. The number of methoxy groups -OCH3 is 2. The fraction of sp³-hybridized carbons (Fsp3) is 0.250. The largest absolute Gasteiger partial charge is 0.497 e. The predicted octanol–water partition coefficient (Wildman–Crippen LogP) is 4.38. The first-order valence-electron chi connectivity index (χ1n) is 8.66. The lowest BCUT2D eigenvalue weighted by Crippen LogP contribution is -2.30. The van der Waals surface area contributed by atoms with Crippen LogP contribution in [0, 0.1) is 6.92 Å². The van der Waals surface area contributed by atoms with Gasteiger partial charge >= 0.3 is 5.97 Å². The maximum Gasteiger partial charge on any atom is 0.351 e. The van der Waals surface area contributed by atoms with Crippen molar-refractivity contribution in [1.29, 1.82) is 0 Å². The molecule has 0 saturated heterocycles. The lowest BCUT2D eigenvalue weighted by molar-refractivity contribution is -0.123. The zero-order chi connectivity index (χ0) is 21.0. The number of nitrogens with one attached hydrogen (secondary N) is 1. The second-order valence-electron chi connectivity index (χ2n) is 6.08. The summed E-state index contributed by atoms with van der Waals surface area (Å²) in [6, 6.07) is 6.93. The molecular weight excluding hydrogens is 412 g/mol. The number of aromatic nitrogens is 1. The molecule has 29 heavy (non-hydrogen) atoms. The number of benzene rings is 1. The maximum absolute atomic E-state index is 12.5. The van der Waals surface area contributed by atoms with Crippen LogP contribution in [0.15, 0.2) is 35.0 Å². The normalized spacial score (nSPS) is 11.6. The summed E-state index contributed by atoms with van der Waals surface area (Å²) < 4.78 is 15.7. The molecular formula is C20H20N2O5S2. The van der Waals surface area contributed by atoms with E-state index in [1.165, 1.54) is 32.5 Å². The van der Waals surface area contributed by atoms with Crippen molar-refractivity contribution in [3.05, 3.63) is 45.6 Å². The van der Waals surface area contributed by atoms with Gasteiger partial charge in [0.1, 0.15) is 21.4 Å². The molecule has 0 bridgehead atoms. The van der Waals surface area contributed by atoms with Crippen LogP contribution in [0.1, 0.15) is 22.3 Å². The van der Waals surface area contributed by atoms with Gasteiger partial charge in [-0.3, -0.25) is 4.79 Å². The van der Waals surface area contributed by atoms with E-state index in [4.69, 9.17) is 14.2 Å². The number of carbonyl (C=O) groups excluding carboxylic acids is 2. The van der Waals surface area contributed by atoms with Crippen molar-refractivity contribution in [2.24, 2.45) is 0 Å². The van der Waals surface area contributed by atoms with Crippen molar-refractivity contribution >= 4 is 40.2 Å². The molecule has 9 heteroatoms. The molecule has 3 aromatic rings. The molecule has 0 radical (unpaired) electrons. The van der Waals surface area contributed by atoms with E-state index in [-0.39, 0.29) is 0 Å². The molecule has 0 fully saturated rings. The first-order chi connectivity index (χ1) is 13.9. The lowest BCUT2D eigenvalue weighted by Gasteiger charge is -2.14. The number of nitrogens with zero attached hydrogens (tertiary/aromatic N) is 1. The Morgan fingerprint density at radius 1 is 1.14 bits per heavy atom. The van der Waals surface area contributed by atoms with Gasteiger partial charge in [-0.2, -0.15) is 11.3 Å². The van der Waals surface area contributed by atoms with Gasteiger partial charge in [0.15, 0.2) is 6.10 Å². The Morgan fingerprint density at radius 2 is 1.83 bits per heavy atom. The van der Waals surface area contributed by atoms with E-state index in [2.05, 4.69) is 10.3 Å². The molecule has 1 unspecified atom stereocenters. The number of thiophene rings is 1. The summed E-state index contributed by atoms with van der Waals surface area (Å²) in [5.74, 6) is 0.0253. The Kier molecular flexibility index (Phi) is 6.50. The predicted molar refractivity (Wildman–Crippen MR) is 113 cm³/mol. The number of hydrogen-bond acceptors (Lipinski definition) is 8. The van der Waals surface area contributed by atoms with Crippen molar-refractivity contribution in [2.75, 3.05) is 19.5 Å². The number of rotatable bonds is 7. The summed E-state index contributed by atoms with van der Waals surface area (Å²) in [7, 11) is 3.04. The van der Waals surface area contributed by atoms with E-state index in [1.807, 2.05) is 16.8 Å². The Balaban J connectivity index is 1.68. The fourth-order valence-corrected chi connectivity index (χ4v) is 4.15. The quantitative estimate of drug-likeness (QED) is 0.558. The molecule has 1 aromatic carbocycles. The maximum atomic E-state index is 12.5. The van der Waals surface area contributed by atoms with Gasteiger partial charge in [-0.05, 0) is 25.3 Å². The molecule has 1 N–H and O–H groups in total. The molecule has 2 aromatic heterocycles. The molecule has 0 aliphatic heterocycles. The minimum Gasteiger partial charge on any atom is -0.497 e. The first kappa shape index (κ1) is 20.8. The second kappa shape index (κ2) is 9.06. The van der Waals surface area contributed by atoms with Crippen molar-refractivity contribution in [3.8, 4) is 22.1 Å². The van der Waals surface area contributed by atoms with E-state index in [0.717, 1.165) is 10.6 Å². The zero-order valence-electron chi connectivity index (χ0n) is 16.3. The molecule has 0 saturated carbocycles. The minimum atomic E-state index is -0.995. The highest BCUT2D eigenvalue weighted by Crippen LogP contribution is 2.30. The topological polar surface area (TPSA) is 86.8 Å². The number of anilines is 1. The molecule has 1 amide bonds. The van der Waals surface area contributed by atoms with Crippen LogP contribution in [0.2, 0.25) is 0 Å². The number of aryl methyl sites for hydroxylation is 1. The summed E-state index contributed by atoms with van der Waals surface area (Å²) in [5.41, 5.74) is 2.01. The summed E-state index contributed by atoms with van der Waals surface area (Å²) >= 11 is 2.81. The highest BCUT2D eigenvalue weighted by atomic mass is 32.1. The molecule has 0 aliphatic carbocycles. The van der Waals surface area contributed by atoms with Gasteiger partial charge in [0.2, 0.25) is 0 Å². The summed E-state index contributed by atoms with van der Waals surface area (Å²) in [6.45, 7) is 3.26. The molecule has 2 heterocycles. The summed E-state index contributed by atoms with van der Waals surface area (Å²) in [4.78, 5) is 29.8. The molecule has 1 atom stereocenters. The van der Waals surface area contributed by atoms with E-state index in [0.29, 0.717) is 27.8 Å². The Bertz CT molecular complexity index is 992. The van der Waals surface area contributed by atoms with Crippen molar-refractivity contribution in [3.63, 3.8) is 0 Å². The van der Waals surface area contributed by atoms with Gasteiger partial charge in [-0.25, -0.2) is 9.78 Å². The third kappa shape index (κ3) is 4.93. The highest BCUT2D eigenvalue weighted by Gasteiger charge is 2.23. The average Bonchev–Trinajstić information content (AvgIpc) is 3.37. The van der Waals surface area contributed by atoms with E-state index in [9.17, 15) is 9.59 Å². The minimum absolute atomic E-state index is 0.383. The monoisotopic (exact) mass is 432 g/mol. The van der Waals surface area contributed by atoms with E-state index in [1.54, 1.807) is 36.5 Å². The van der Waals surface area contributed by atoms with Gasteiger partial charge in [-0.1, -0.05) is 0 Å². The van der Waals surface area contributed by atoms with Gasteiger partial charge in [0.05, 0.1) is 19.9 Å². The van der Waals surface area contributed by atoms with Gasteiger partial charge < -0.3 is 19.5 Å². The summed E-state index contributed by atoms with van der Waals surface area (Å²) in [6.07, 6.45) is -0.995. The fourth-order valence-electron chi connectivity index (χ4n) is 2.49. The number of hydrogen-bond donors (Lipinski definition) is 1. The number of thiazole rings is 1. The summed E-state index contributed by atoms with van der Waals surface area (Å²) in [5, 5.41) is 7.36. The Labute approximate surface area is 176 Å². The highest BCUT2D eigenvalue weighted by molar-refractivity contribution is 7.17. The van der Waals surface area contributed by atoms with Crippen LogP contribution >= 0.6 is 22.7 Å². The van der Waals surface area contributed by atoms with Crippen molar-refractivity contribution in [2.45, 2.75) is 20.0 Å². The third-order valence-corrected chi connectivity index (χ3v) is 5.89. The van der Waals surface area contributed by atoms with E-state index < -0.39 is 18.0 Å². The Morgan fingerprint density at radius 3 is 2.41 bits per heavy atom. The second-order valence-corrected chi connectivity index (χ2v) is 7.86. The van der Waals surface area contributed by atoms with Crippen molar-refractivity contribution < 1.29 is 23.8 Å². The molecule has 152 valence electrons. The van der Waals surface area contributed by atoms with Gasteiger partial charge in [0.25, 0.3) is 5.91 Å². The van der Waals surface area contributed by atoms with Crippen LogP contribution in [-0.2, 0) is 9.53 Å². The number of amides is 1.